The number of benzene rings is 2. The van der Waals surface area contributed by atoms with E-state index in [1.54, 1.807) is 48.5 Å². The van der Waals surface area contributed by atoms with Crippen LogP contribution in [0.3, 0.4) is 0 Å². The maximum Gasteiger partial charge on any atom is 0.264 e. The van der Waals surface area contributed by atoms with E-state index in [1.165, 1.54) is 4.31 Å². The molecule has 6 nitrogen and oxygen atoms in total. The molecule has 1 heterocycles. The van der Waals surface area contributed by atoms with Gasteiger partial charge in [0.1, 0.15) is 5.82 Å². The van der Waals surface area contributed by atoms with Crippen molar-refractivity contribution in [3.05, 3.63) is 59.4 Å². The Kier molecular flexibility index (Phi) is 6.05. The van der Waals surface area contributed by atoms with E-state index in [4.69, 9.17) is 11.6 Å². The fraction of sp³-hybridized carbons (Fsp3) is 0.300. The average Bonchev–Trinajstić information content (AvgIpc) is 3.02. The lowest BCUT2D eigenvalue weighted by Gasteiger charge is -2.26. The zero-order chi connectivity index (χ0) is 20.3. The number of aromatic nitrogens is 3. The smallest absolute Gasteiger partial charge is 0.264 e. The maximum absolute atomic E-state index is 13.4. The van der Waals surface area contributed by atoms with Crippen molar-refractivity contribution < 1.29 is 8.42 Å². The van der Waals surface area contributed by atoms with Crippen molar-refractivity contribution in [2.24, 2.45) is 7.05 Å². The molecule has 8 heteroatoms. The molecule has 28 heavy (non-hydrogen) atoms. The number of hydrogen-bond donors (Lipinski definition) is 0. The summed E-state index contributed by atoms with van der Waals surface area (Å²) in [6.07, 6.45) is 1.60. The lowest BCUT2D eigenvalue weighted by molar-refractivity contribution is 0.588. The summed E-state index contributed by atoms with van der Waals surface area (Å²) in [4.78, 5) is 0.251. The van der Waals surface area contributed by atoms with E-state index in [-0.39, 0.29) is 4.90 Å². The summed E-state index contributed by atoms with van der Waals surface area (Å²) in [5, 5.41) is 8.85. The van der Waals surface area contributed by atoms with E-state index in [1.807, 2.05) is 25.5 Å². The van der Waals surface area contributed by atoms with Gasteiger partial charge in [-0.25, -0.2) is 8.42 Å². The van der Waals surface area contributed by atoms with Crippen LogP contribution in [0, 0.1) is 6.92 Å². The van der Waals surface area contributed by atoms with Crippen LogP contribution in [0.1, 0.15) is 25.6 Å². The molecule has 0 bridgehead atoms. The van der Waals surface area contributed by atoms with Crippen molar-refractivity contribution in [1.82, 2.24) is 14.8 Å². The minimum Gasteiger partial charge on any atom is -0.314 e. The van der Waals surface area contributed by atoms with Crippen LogP contribution >= 0.6 is 11.6 Å². The molecule has 3 aromatic rings. The van der Waals surface area contributed by atoms with E-state index >= 15 is 0 Å². The Bertz CT molecular complexity index is 1070. The second kappa shape index (κ2) is 8.32. The van der Waals surface area contributed by atoms with E-state index in [9.17, 15) is 8.42 Å². The molecular formula is C20H23ClN4O2S. The third-order valence-corrected chi connectivity index (χ3v) is 6.67. The Labute approximate surface area is 170 Å². The molecule has 0 N–H and O–H groups in total. The molecule has 0 aliphatic heterocycles. The molecule has 0 atom stereocenters. The number of aryl methyl sites for hydroxylation is 1. The molecule has 2 aromatic carbocycles. The SMILES string of the molecule is CCCCN(c1ccc(Cl)cc1-c1nnc(C)n1C)S(=O)(=O)c1ccccc1. The normalized spacial score (nSPS) is 11.6. The number of anilines is 1. The number of hydrogen-bond acceptors (Lipinski definition) is 4. The molecule has 1 aromatic heterocycles. The quantitative estimate of drug-likeness (QED) is 0.568. The number of halogens is 1. The third-order valence-electron chi connectivity index (χ3n) is 4.61. The van der Waals surface area contributed by atoms with Gasteiger partial charge in [-0.05, 0) is 43.7 Å². The van der Waals surface area contributed by atoms with Gasteiger partial charge in [-0.3, -0.25) is 4.31 Å². The van der Waals surface area contributed by atoms with Gasteiger partial charge >= 0.3 is 0 Å². The van der Waals surface area contributed by atoms with Gasteiger partial charge in [-0.1, -0.05) is 43.1 Å². The van der Waals surface area contributed by atoms with Crippen LogP contribution in [0.2, 0.25) is 5.02 Å². The van der Waals surface area contributed by atoms with Crippen LogP contribution in [-0.2, 0) is 17.1 Å². The van der Waals surface area contributed by atoms with Gasteiger partial charge in [-0.15, -0.1) is 10.2 Å². The molecule has 0 unspecified atom stereocenters. The molecule has 0 aliphatic carbocycles. The number of sulfonamides is 1. The van der Waals surface area contributed by atoms with Crippen LogP contribution in [0.5, 0.6) is 0 Å². The van der Waals surface area contributed by atoms with Gasteiger partial charge in [0.15, 0.2) is 5.82 Å². The fourth-order valence-corrected chi connectivity index (χ4v) is 4.65. The van der Waals surface area contributed by atoms with Crippen LogP contribution in [0.25, 0.3) is 11.4 Å². The minimum atomic E-state index is -3.74. The van der Waals surface area contributed by atoms with Gasteiger partial charge in [-0.2, -0.15) is 0 Å². The summed E-state index contributed by atoms with van der Waals surface area (Å²) in [7, 11) is -1.90. The number of unbranched alkanes of at least 4 members (excludes halogenated alkanes) is 1. The van der Waals surface area contributed by atoms with E-state index in [0.29, 0.717) is 28.6 Å². The number of nitrogens with zero attached hydrogens (tertiary/aromatic N) is 4. The summed E-state index contributed by atoms with van der Waals surface area (Å²) < 4.78 is 30.2. The topological polar surface area (TPSA) is 68.1 Å². The Hall–Kier alpha value is -2.38. The Balaban J connectivity index is 2.21. The highest BCUT2D eigenvalue weighted by molar-refractivity contribution is 7.92. The molecule has 0 radical (unpaired) electrons. The van der Waals surface area contributed by atoms with Crippen molar-refractivity contribution in [1.29, 1.82) is 0 Å². The highest BCUT2D eigenvalue weighted by Crippen LogP contribution is 2.35. The van der Waals surface area contributed by atoms with Crippen molar-refractivity contribution >= 4 is 27.3 Å². The second-order valence-electron chi connectivity index (χ2n) is 6.54. The van der Waals surface area contributed by atoms with Crippen molar-refractivity contribution in [2.75, 3.05) is 10.8 Å². The second-order valence-corrected chi connectivity index (χ2v) is 8.83. The molecule has 3 rings (SSSR count). The molecule has 0 fully saturated rings. The fourth-order valence-electron chi connectivity index (χ4n) is 2.94. The Morgan fingerprint density at radius 3 is 2.43 bits per heavy atom. The molecular weight excluding hydrogens is 396 g/mol. The first kappa shape index (κ1) is 20.4. The third kappa shape index (κ3) is 3.91. The zero-order valence-corrected chi connectivity index (χ0v) is 17.7. The summed E-state index contributed by atoms with van der Waals surface area (Å²) in [5.74, 6) is 1.30. The molecule has 0 spiro atoms. The molecule has 0 saturated carbocycles. The van der Waals surface area contributed by atoms with Gasteiger partial charge in [0, 0.05) is 24.2 Å². The monoisotopic (exact) mass is 418 g/mol. The van der Waals surface area contributed by atoms with Gasteiger partial charge < -0.3 is 4.57 Å². The van der Waals surface area contributed by atoms with E-state index in [0.717, 1.165) is 18.7 Å². The zero-order valence-electron chi connectivity index (χ0n) is 16.1. The summed E-state index contributed by atoms with van der Waals surface area (Å²) in [5.41, 5.74) is 1.17. The molecule has 148 valence electrons. The van der Waals surface area contributed by atoms with E-state index < -0.39 is 10.0 Å². The van der Waals surface area contributed by atoms with Gasteiger partial charge in [0.05, 0.1) is 10.6 Å². The van der Waals surface area contributed by atoms with Crippen molar-refractivity contribution in [3.63, 3.8) is 0 Å². The van der Waals surface area contributed by atoms with Gasteiger partial charge in [0.2, 0.25) is 0 Å². The molecule has 0 amide bonds. The summed E-state index contributed by atoms with van der Waals surface area (Å²) in [6.45, 7) is 4.23. The predicted octanol–water partition coefficient (Wildman–Crippen LogP) is 4.44. The lowest BCUT2D eigenvalue weighted by atomic mass is 10.1. The number of rotatable bonds is 7. The lowest BCUT2D eigenvalue weighted by Crippen LogP contribution is -2.32. The van der Waals surface area contributed by atoms with Crippen LogP contribution in [-0.4, -0.2) is 29.7 Å². The van der Waals surface area contributed by atoms with Gasteiger partial charge in [0.25, 0.3) is 10.0 Å². The predicted molar refractivity (Wildman–Crippen MR) is 112 cm³/mol. The largest absolute Gasteiger partial charge is 0.314 e. The van der Waals surface area contributed by atoms with Crippen LogP contribution < -0.4 is 4.31 Å². The average molecular weight is 419 g/mol. The van der Waals surface area contributed by atoms with Crippen molar-refractivity contribution in [2.45, 2.75) is 31.6 Å². The van der Waals surface area contributed by atoms with Crippen LogP contribution in [0.4, 0.5) is 5.69 Å². The highest BCUT2D eigenvalue weighted by atomic mass is 35.5. The minimum absolute atomic E-state index is 0.251. The Morgan fingerprint density at radius 2 is 1.82 bits per heavy atom. The van der Waals surface area contributed by atoms with E-state index in [2.05, 4.69) is 10.2 Å². The molecule has 0 aliphatic rings. The molecule has 0 saturated heterocycles. The first-order chi connectivity index (χ1) is 13.4. The van der Waals surface area contributed by atoms with Crippen LogP contribution in [0.15, 0.2) is 53.4 Å². The first-order valence-corrected chi connectivity index (χ1v) is 10.9. The maximum atomic E-state index is 13.4. The summed E-state index contributed by atoms with van der Waals surface area (Å²) in [6, 6.07) is 13.6. The standard InChI is InChI=1S/C20H23ClN4O2S/c1-4-5-13-25(28(26,27)17-9-7-6-8-10-17)19-12-11-16(21)14-18(19)20-23-22-15(2)24(20)3/h6-12,14H,4-5,13H2,1-3H3. The van der Waals surface area contributed by atoms with Crippen molar-refractivity contribution in [3.8, 4) is 11.4 Å². The first-order valence-electron chi connectivity index (χ1n) is 9.10. The highest BCUT2D eigenvalue weighted by Gasteiger charge is 2.28. The summed E-state index contributed by atoms with van der Waals surface area (Å²) >= 11 is 6.24. The Morgan fingerprint density at radius 1 is 1.11 bits per heavy atom.